The lowest BCUT2D eigenvalue weighted by Gasteiger charge is -2.14. The van der Waals surface area contributed by atoms with E-state index in [1.807, 2.05) is 0 Å². The van der Waals surface area contributed by atoms with Crippen molar-refractivity contribution in [1.29, 1.82) is 0 Å². The number of hydrogen-bond donors (Lipinski definition) is 1. The fourth-order valence-corrected chi connectivity index (χ4v) is 1.81. The topological polar surface area (TPSA) is 98.9 Å². The van der Waals surface area contributed by atoms with E-state index >= 15 is 0 Å². The van der Waals surface area contributed by atoms with E-state index in [0.29, 0.717) is 4.47 Å². The van der Waals surface area contributed by atoms with Crippen LogP contribution < -0.4 is 4.74 Å². The summed E-state index contributed by atoms with van der Waals surface area (Å²) in [5.41, 5.74) is -0.241. The normalized spacial score (nSPS) is 11.9. The summed E-state index contributed by atoms with van der Waals surface area (Å²) in [6.07, 6.45) is -1.17. The van der Waals surface area contributed by atoms with Crippen LogP contribution in [0.3, 0.4) is 0 Å². The van der Waals surface area contributed by atoms with Gasteiger partial charge in [-0.3, -0.25) is 10.1 Å². The Morgan fingerprint density at radius 2 is 2.26 bits per heavy atom. The van der Waals surface area contributed by atoms with Crippen LogP contribution in [0.1, 0.15) is 6.92 Å². The highest BCUT2D eigenvalue weighted by atomic mass is 79.9. The van der Waals surface area contributed by atoms with Crippen molar-refractivity contribution < 1.29 is 24.3 Å². The van der Waals surface area contributed by atoms with Crippen LogP contribution in [0.4, 0.5) is 5.69 Å². The van der Waals surface area contributed by atoms with Gasteiger partial charge in [0.05, 0.1) is 9.40 Å². The van der Waals surface area contributed by atoms with Gasteiger partial charge in [-0.25, -0.2) is 4.79 Å². The minimum atomic E-state index is -1.18. The lowest BCUT2D eigenvalue weighted by molar-refractivity contribution is -0.386. The molecule has 0 aliphatic rings. The first-order chi connectivity index (χ1) is 8.97. The van der Waals surface area contributed by atoms with E-state index in [-0.39, 0.29) is 24.7 Å². The molecule has 0 bridgehead atoms. The second-order valence-corrected chi connectivity index (χ2v) is 4.29. The number of nitro groups is 1. The number of rotatable bonds is 7. The molecule has 0 amide bonds. The van der Waals surface area contributed by atoms with Crippen molar-refractivity contribution in [2.75, 3.05) is 13.2 Å². The summed E-state index contributed by atoms with van der Waals surface area (Å²) in [6.45, 7) is 1.54. The van der Waals surface area contributed by atoms with E-state index in [1.54, 1.807) is 13.0 Å². The Balaban J connectivity index is 2.87. The molecule has 0 radical (unpaired) electrons. The monoisotopic (exact) mass is 333 g/mol. The van der Waals surface area contributed by atoms with Gasteiger partial charge in [0.1, 0.15) is 6.61 Å². The van der Waals surface area contributed by atoms with E-state index < -0.39 is 17.0 Å². The average molecular weight is 334 g/mol. The van der Waals surface area contributed by atoms with Crippen molar-refractivity contribution in [1.82, 2.24) is 0 Å². The van der Waals surface area contributed by atoms with Crippen LogP contribution >= 0.6 is 15.9 Å². The van der Waals surface area contributed by atoms with Gasteiger partial charge in [-0.15, -0.1) is 0 Å². The molecule has 8 heteroatoms. The largest absolute Gasteiger partial charge is 0.483 e. The number of ether oxygens (including phenoxy) is 2. The molecule has 1 unspecified atom stereocenters. The van der Waals surface area contributed by atoms with Crippen LogP contribution in [-0.2, 0) is 9.53 Å². The summed E-state index contributed by atoms with van der Waals surface area (Å²) in [5, 5.41) is 19.7. The van der Waals surface area contributed by atoms with Crippen LogP contribution in [0.5, 0.6) is 5.75 Å². The van der Waals surface area contributed by atoms with Crippen LogP contribution in [0.15, 0.2) is 22.7 Å². The molecule has 1 rings (SSSR count). The number of aliphatic carboxylic acids is 1. The molecule has 0 aliphatic carbocycles. The number of benzene rings is 1. The predicted octanol–water partition coefficient (Wildman–Crippen LogP) is 2.23. The maximum atomic E-state index is 10.9. The maximum absolute atomic E-state index is 10.9. The Morgan fingerprint density at radius 1 is 1.58 bits per heavy atom. The van der Waals surface area contributed by atoms with Crippen molar-refractivity contribution in [3.63, 3.8) is 0 Å². The summed E-state index contributed by atoms with van der Waals surface area (Å²) in [6, 6.07) is 4.33. The number of carboxylic acid groups (broad SMARTS) is 1. The van der Waals surface area contributed by atoms with E-state index in [9.17, 15) is 14.9 Å². The second kappa shape index (κ2) is 7.05. The van der Waals surface area contributed by atoms with E-state index in [1.165, 1.54) is 12.1 Å². The number of halogens is 1. The molecule has 7 nitrogen and oxygen atoms in total. The van der Waals surface area contributed by atoms with Gasteiger partial charge in [0.2, 0.25) is 5.75 Å². The summed E-state index contributed by atoms with van der Waals surface area (Å²) in [7, 11) is 0. The number of carboxylic acids is 1. The van der Waals surface area contributed by atoms with Crippen LogP contribution in [0.25, 0.3) is 0 Å². The molecule has 0 spiro atoms. The molecular formula is C11H12BrNO6. The van der Waals surface area contributed by atoms with Gasteiger partial charge in [0, 0.05) is 12.7 Å². The third kappa shape index (κ3) is 4.18. The zero-order valence-electron chi connectivity index (χ0n) is 10.0. The molecule has 0 aliphatic heterocycles. The lowest BCUT2D eigenvalue weighted by atomic mass is 10.3. The van der Waals surface area contributed by atoms with E-state index in [4.69, 9.17) is 14.6 Å². The molecule has 1 atom stereocenters. The molecule has 1 aromatic rings. The average Bonchev–Trinajstić information content (AvgIpc) is 2.34. The van der Waals surface area contributed by atoms with E-state index in [0.717, 1.165) is 0 Å². The lowest BCUT2D eigenvalue weighted by Crippen LogP contribution is -2.30. The van der Waals surface area contributed by atoms with Gasteiger partial charge >= 0.3 is 11.7 Å². The van der Waals surface area contributed by atoms with Gasteiger partial charge < -0.3 is 14.6 Å². The Bertz CT molecular complexity index is 478. The summed E-state index contributed by atoms with van der Waals surface area (Å²) >= 11 is 3.12. The maximum Gasteiger partial charge on any atom is 0.336 e. The highest BCUT2D eigenvalue weighted by Crippen LogP contribution is 2.34. The van der Waals surface area contributed by atoms with Gasteiger partial charge in [-0.05, 0) is 28.9 Å². The first-order valence-corrected chi connectivity index (χ1v) is 6.16. The Hall–Kier alpha value is -1.67. The van der Waals surface area contributed by atoms with E-state index in [2.05, 4.69) is 15.9 Å². The Labute approximate surface area is 117 Å². The zero-order chi connectivity index (χ0) is 14.4. The van der Waals surface area contributed by atoms with Crippen LogP contribution in [-0.4, -0.2) is 35.3 Å². The number of carbonyl (C=O) groups is 1. The molecule has 0 saturated heterocycles. The molecule has 19 heavy (non-hydrogen) atoms. The third-order valence-electron chi connectivity index (χ3n) is 2.17. The van der Waals surface area contributed by atoms with Crippen molar-refractivity contribution in [3.8, 4) is 5.75 Å². The molecular weight excluding hydrogens is 322 g/mol. The van der Waals surface area contributed by atoms with Gasteiger partial charge in [-0.2, -0.15) is 0 Å². The molecule has 0 aromatic heterocycles. The van der Waals surface area contributed by atoms with Crippen molar-refractivity contribution >= 4 is 27.6 Å². The minimum Gasteiger partial charge on any atom is -0.483 e. The van der Waals surface area contributed by atoms with Crippen molar-refractivity contribution in [2.24, 2.45) is 0 Å². The first kappa shape index (κ1) is 15.4. The van der Waals surface area contributed by atoms with Crippen molar-refractivity contribution in [3.05, 3.63) is 32.8 Å². The Kier molecular flexibility index (Phi) is 5.71. The highest BCUT2D eigenvalue weighted by Gasteiger charge is 2.23. The second-order valence-electron chi connectivity index (χ2n) is 3.44. The number of nitro benzene ring substituents is 1. The van der Waals surface area contributed by atoms with Crippen LogP contribution in [0.2, 0.25) is 0 Å². The summed E-state index contributed by atoms with van der Waals surface area (Å²) < 4.78 is 10.5. The van der Waals surface area contributed by atoms with Gasteiger partial charge in [0.15, 0.2) is 6.10 Å². The molecule has 0 heterocycles. The standard InChI is InChI=1S/C11H12BrNO6/c1-2-18-9(11(14)15)6-19-10-7(12)4-3-5-8(10)13(16)17/h3-5,9H,2,6H2,1H3,(H,14,15). The summed E-state index contributed by atoms with van der Waals surface area (Å²) in [5.74, 6) is -1.20. The molecule has 1 aromatic carbocycles. The molecule has 0 fully saturated rings. The minimum absolute atomic E-state index is 0.0153. The summed E-state index contributed by atoms with van der Waals surface area (Å²) in [4.78, 5) is 21.1. The number of para-hydroxylation sites is 1. The fraction of sp³-hybridized carbons (Fsp3) is 0.364. The SMILES string of the molecule is CCOC(COc1c(Br)cccc1[N+](=O)[O-])C(=O)O. The van der Waals surface area contributed by atoms with Crippen molar-refractivity contribution in [2.45, 2.75) is 13.0 Å². The Morgan fingerprint density at radius 3 is 2.79 bits per heavy atom. The molecule has 1 N–H and O–H groups in total. The highest BCUT2D eigenvalue weighted by molar-refractivity contribution is 9.10. The smallest absolute Gasteiger partial charge is 0.336 e. The first-order valence-electron chi connectivity index (χ1n) is 5.37. The third-order valence-corrected chi connectivity index (χ3v) is 2.79. The number of nitrogens with zero attached hydrogens (tertiary/aromatic N) is 1. The quantitative estimate of drug-likeness (QED) is 0.606. The number of hydrogen-bond acceptors (Lipinski definition) is 5. The zero-order valence-corrected chi connectivity index (χ0v) is 11.6. The molecule has 0 saturated carbocycles. The fourth-order valence-electron chi connectivity index (χ4n) is 1.34. The van der Waals surface area contributed by atoms with Crippen LogP contribution in [0, 0.1) is 10.1 Å². The van der Waals surface area contributed by atoms with Gasteiger partial charge in [-0.1, -0.05) is 6.07 Å². The molecule has 104 valence electrons. The van der Waals surface area contributed by atoms with Gasteiger partial charge in [0.25, 0.3) is 0 Å². The predicted molar refractivity (Wildman–Crippen MR) is 69.3 cm³/mol.